The number of hydrogen-bond donors (Lipinski definition) is 2. The second-order valence-corrected chi connectivity index (χ2v) is 16.0. The van der Waals surface area contributed by atoms with Crippen molar-refractivity contribution in [3.63, 3.8) is 0 Å². The Balaban J connectivity index is 0.940. The Labute approximate surface area is 354 Å². The normalized spacial score (nSPS) is 13.2. The molecule has 0 aliphatic heterocycles. The molecule has 1 heterocycles. The molecule has 1 saturated carbocycles. The summed E-state index contributed by atoms with van der Waals surface area (Å²) in [5, 5.41) is 19.3. The van der Waals surface area contributed by atoms with Crippen LogP contribution in [0.1, 0.15) is 59.2 Å². The molecule has 0 radical (unpaired) electrons. The van der Waals surface area contributed by atoms with Crippen molar-refractivity contribution in [3.8, 4) is 11.3 Å². The van der Waals surface area contributed by atoms with Crippen molar-refractivity contribution in [3.05, 3.63) is 94.8 Å². The summed E-state index contributed by atoms with van der Waals surface area (Å²) in [4.78, 5) is 35.1. The molecule has 17 heteroatoms. The number of ketones is 2. The van der Waals surface area contributed by atoms with Gasteiger partial charge < -0.3 is 43.1 Å². The maximum Gasteiger partial charge on any atom is 0.376 e. The number of nitrogens with zero attached hydrogens (tertiary/aromatic N) is 1. The maximum atomic E-state index is 13.7. The Morgan fingerprint density at radius 1 is 0.803 bits per heavy atom. The van der Waals surface area contributed by atoms with Gasteiger partial charge in [0.1, 0.15) is 22.9 Å². The zero-order chi connectivity index (χ0) is 43.8. The molecule has 0 spiro atoms. The summed E-state index contributed by atoms with van der Waals surface area (Å²) in [6, 6.07) is 15.8. The highest BCUT2D eigenvalue weighted by molar-refractivity contribution is 7.92. The van der Waals surface area contributed by atoms with Crippen molar-refractivity contribution in [1.29, 1.82) is 0 Å². The number of aliphatic hydroxyl groups is 1. The minimum absolute atomic E-state index is 0.0591. The number of ether oxygens (including phenoxy) is 6. The maximum absolute atomic E-state index is 13.7. The lowest BCUT2D eigenvalue weighted by Gasteiger charge is -2.25. The van der Waals surface area contributed by atoms with E-state index in [4.69, 9.17) is 37.9 Å². The van der Waals surface area contributed by atoms with Gasteiger partial charge in [0.25, 0.3) is 5.78 Å². The third-order valence-corrected chi connectivity index (χ3v) is 10.7. The molecule has 0 saturated heterocycles. The first kappa shape index (κ1) is 47.0. The third-order valence-electron chi connectivity index (χ3n) is 9.50. The van der Waals surface area contributed by atoms with Gasteiger partial charge in [-0.05, 0) is 66.3 Å². The third kappa shape index (κ3) is 14.3. The Morgan fingerprint density at radius 3 is 1.92 bits per heavy atom. The van der Waals surface area contributed by atoms with Crippen molar-refractivity contribution in [1.82, 2.24) is 0 Å². The number of carbonyl (C=O) groups is 3. The lowest BCUT2D eigenvalue weighted by molar-refractivity contribution is -0.146. The number of Topliss-reactive ketones (excluding diaryl/α,β-unsaturated/α-hetero) is 1. The number of sulfonamides is 1. The van der Waals surface area contributed by atoms with Crippen molar-refractivity contribution in [2.75, 3.05) is 89.8 Å². The highest BCUT2D eigenvalue weighted by Crippen LogP contribution is 2.48. The van der Waals surface area contributed by atoms with Crippen molar-refractivity contribution < 1.29 is 70.2 Å². The zero-order valence-corrected chi connectivity index (χ0v) is 35.1. The summed E-state index contributed by atoms with van der Waals surface area (Å²) in [6.07, 6.45) is 3.83. The molecule has 5 rings (SSSR count). The molecule has 0 atom stereocenters. The Kier molecular flexibility index (Phi) is 17.9. The summed E-state index contributed by atoms with van der Waals surface area (Å²) in [6.45, 7) is 5.52. The molecule has 15 nitrogen and oxygen atoms in total. The lowest BCUT2D eigenvalue weighted by atomic mass is 9.97. The molecule has 4 aromatic rings. The van der Waals surface area contributed by atoms with E-state index in [2.05, 4.69) is 0 Å². The molecule has 0 unspecified atom stereocenters. The van der Waals surface area contributed by atoms with Crippen LogP contribution in [0.25, 0.3) is 28.1 Å². The molecule has 0 amide bonds. The first-order chi connectivity index (χ1) is 29.4. The SMILES string of the molecule is CCC(=O)c1c(-c2ccc(F)cc2)oc2cc(N(CCOCCOCCOCCOCCOCCOCc3cccc(C(O)=CC(=O)C(=O)O)c3)S(C)(=O)=O)c(C3CC3)cc12. The number of carbonyl (C=O) groups excluding carboxylic acids is 2. The van der Waals surface area contributed by atoms with Crippen LogP contribution in [0.3, 0.4) is 0 Å². The molecule has 1 aromatic heterocycles. The summed E-state index contributed by atoms with van der Waals surface area (Å²) in [7, 11) is -3.73. The van der Waals surface area contributed by atoms with Gasteiger partial charge in [-0.2, -0.15) is 0 Å². The molecular weight excluding hydrogens is 818 g/mol. The Hall–Kier alpha value is -5.01. The van der Waals surface area contributed by atoms with Crippen molar-refractivity contribution in [2.45, 2.75) is 38.7 Å². The van der Waals surface area contributed by atoms with Gasteiger partial charge >= 0.3 is 5.97 Å². The van der Waals surface area contributed by atoms with Gasteiger partial charge in [0.2, 0.25) is 10.0 Å². The molecule has 1 fully saturated rings. The van der Waals surface area contributed by atoms with Crippen LogP contribution in [0, 0.1) is 5.82 Å². The fraction of sp³-hybridized carbons (Fsp3) is 0.432. The lowest BCUT2D eigenvalue weighted by Crippen LogP contribution is -2.34. The first-order valence-electron chi connectivity index (χ1n) is 20.0. The second kappa shape index (κ2) is 23.3. The molecular formula is C44H52FNO14S. The van der Waals surface area contributed by atoms with Gasteiger partial charge in [-0.25, -0.2) is 17.6 Å². The summed E-state index contributed by atoms with van der Waals surface area (Å²) >= 11 is 0. The molecule has 1 aliphatic carbocycles. The second-order valence-electron chi connectivity index (χ2n) is 14.1. The fourth-order valence-electron chi connectivity index (χ4n) is 6.34. The van der Waals surface area contributed by atoms with E-state index < -0.39 is 33.4 Å². The number of benzene rings is 3. The van der Waals surface area contributed by atoms with E-state index in [0.29, 0.717) is 98.0 Å². The van der Waals surface area contributed by atoms with Gasteiger partial charge in [0, 0.05) is 35.1 Å². The van der Waals surface area contributed by atoms with E-state index in [0.717, 1.165) is 30.2 Å². The molecule has 0 bridgehead atoms. The standard InChI is InChI=1S/C44H52FNO14S/c1-3-38(47)42-36-26-35(31-7-8-31)37(27-41(36)60-43(42)32-9-11-34(45)12-10-32)46(61(2,52)53)13-14-54-15-16-55-17-18-56-19-20-57-21-22-58-23-24-59-29-30-5-4-6-33(25-30)39(48)28-40(49)44(50)51/h4-6,9-12,25-28,31,48H,3,7-8,13-24,29H2,1-2H3,(H,50,51). The van der Waals surface area contributed by atoms with Crippen LogP contribution in [0.15, 0.2) is 71.2 Å². The van der Waals surface area contributed by atoms with E-state index >= 15 is 0 Å². The monoisotopic (exact) mass is 869 g/mol. The van der Waals surface area contributed by atoms with Crippen molar-refractivity contribution in [2.24, 2.45) is 0 Å². The highest BCUT2D eigenvalue weighted by atomic mass is 32.2. The van der Waals surface area contributed by atoms with E-state index in [1.165, 1.54) is 16.4 Å². The van der Waals surface area contributed by atoms with E-state index in [1.54, 1.807) is 49.4 Å². The number of hydrogen-bond acceptors (Lipinski definition) is 13. The molecule has 2 N–H and O–H groups in total. The number of halogens is 1. The zero-order valence-electron chi connectivity index (χ0n) is 34.3. The van der Waals surface area contributed by atoms with E-state index in [1.807, 2.05) is 6.07 Å². The van der Waals surface area contributed by atoms with Crippen LogP contribution in [-0.2, 0) is 54.6 Å². The van der Waals surface area contributed by atoms with Crippen LogP contribution in [0.5, 0.6) is 0 Å². The van der Waals surface area contributed by atoms with Gasteiger partial charge in [-0.3, -0.25) is 13.9 Å². The van der Waals surface area contributed by atoms with Gasteiger partial charge in [0.15, 0.2) is 5.78 Å². The predicted octanol–water partition coefficient (Wildman–Crippen LogP) is 6.33. The van der Waals surface area contributed by atoms with E-state index in [-0.39, 0.29) is 51.1 Å². The number of carboxylic acids is 1. The smallest absolute Gasteiger partial charge is 0.376 e. The summed E-state index contributed by atoms with van der Waals surface area (Å²) in [5.41, 5.74) is 3.66. The van der Waals surface area contributed by atoms with Gasteiger partial charge in [-0.15, -0.1) is 0 Å². The van der Waals surface area contributed by atoms with Crippen LogP contribution >= 0.6 is 0 Å². The van der Waals surface area contributed by atoms with Crippen molar-refractivity contribution >= 4 is 50.0 Å². The average molecular weight is 870 g/mol. The minimum Gasteiger partial charge on any atom is -0.507 e. The van der Waals surface area contributed by atoms with Crippen LogP contribution < -0.4 is 4.31 Å². The molecule has 1 aliphatic rings. The quantitative estimate of drug-likeness (QED) is 0.0202. The number of rotatable bonds is 29. The topological polar surface area (TPSA) is 198 Å². The van der Waals surface area contributed by atoms with E-state index in [9.17, 15) is 32.3 Å². The predicted molar refractivity (Wildman–Crippen MR) is 224 cm³/mol. The Morgan fingerprint density at radius 2 is 1.38 bits per heavy atom. The van der Waals surface area contributed by atoms with Crippen LogP contribution in [-0.4, -0.2) is 122 Å². The number of furan rings is 1. The number of aliphatic carboxylic acids is 1. The number of fused-ring (bicyclic) bond motifs is 1. The average Bonchev–Trinajstić information content (AvgIpc) is 4.02. The van der Waals surface area contributed by atoms with Gasteiger partial charge in [-0.1, -0.05) is 25.1 Å². The largest absolute Gasteiger partial charge is 0.507 e. The fourth-order valence-corrected chi connectivity index (χ4v) is 7.26. The first-order valence-corrected chi connectivity index (χ1v) is 21.8. The summed E-state index contributed by atoms with van der Waals surface area (Å²) in [5.74, 6) is -3.38. The number of aliphatic hydroxyl groups excluding tert-OH is 1. The van der Waals surface area contributed by atoms with Gasteiger partial charge in [0.05, 0.1) is 103 Å². The summed E-state index contributed by atoms with van der Waals surface area (Å²) < 4.78 is 80.9. The number of anilines is 1. The molecule has 61 heavy (non-hydrogen) atoms. The van der Waals surface area contributed by atoms with Crippen LogP contribution in [0.4, 0.5) is 10.1 Å². The minimum atomic E-state index is -3.73. The molecule has 3 aromatic carbocycles. The number of carboxylic acid groups (broad SMARTS) is 1. The molecule has 330 valence electrons. The highest BCUT2D eigenvalue weighted by Gasteiger charge is 2.33. The van der Waals surface area contributed by atoms with Crippen LogP contribution in [0.2, 0.25) is 0 Å². The Bertz CT molecular complexity index is 2230.